The van der Waals surface area contributed by atoms with Crippen LogP contribution in [0.1, 0.15) is 56.3 Å². The molecule has 1 saturated heterocycles. The molecule has 1 N–H and O–H groups in total. The molecule has 3 rings (SSSR count). The molecule has 2 heterocycles. The second kappa shape index (κ2) is 6.75. The van der Waals surface area contributed by atoms with Gasteiger partial charge in [-0.1, -0.05) is 5.16 Å². The van der Waals surface area contributed by atoms with Crippen molar-refractivity contribution in [3.8, 4) is 0 Å². The van der Waals surface area contributed by atoms with Crippen molar-refractivity contribution in [1.29, 1.82) is 0 Å². The van der Waals surface area contributed by atoms with Crippen molar-refractivity contribution < 1.29 is 14.1 Å². The molecule has 0 aromatic carbocycles. The number of hydrogen-bond acceptors (Lipinski definition) is 6. The molecule has 122 valence electrons. The fraction of sp³-hybridized carbons (Fsp3) is 0.800. The zero-order chi connectivity index (χ0) is 15.5. The number of nitrogens with zero attached hydrogens (tertiary/aromatic N) is 3. The van der Waals surface area contributed by atoms with Crippen LogP contribution in [0.15, 0.2) is 4.52 Å². The SMILES string of the molecule is COCC(C)NC(=O)CN1CCCC1c1noc(C2CC2)n1. The van der Waals surface area contributed by atoms with E-state index in [-0.39, 0.29) is 18.0 Å². The number of ether oxygens (including phenoxy) is 1. The summed E-state index contributed by atoms with van der Waals surface area (Å²) in [5.41, 5.74) is 0. The quantitative estimate of drug-likeness (QED) is 0.816. The third-order valence-corrected chi connectivity index (χ3v) is 4.22. The number of methoxy groups -OCH3 is 1. The minimum atomic E-state index is 0.0161. The fourth-order valence-corrected chi connectivity index (χ4v) is 2.98. The lowest BCUT2D eigenvalue weighted by Gasteiger charge is -2.22. The Balaban J connectivity index is 1.56. The number of amides is 1. The lowest BCUT2D eigenvalue weighted by molar-refractivity contribution is -0.123. The van der Waals surface area contributed by atoms with Gasteiger partial charge in [-0.3, -0.25) is 9.69 Å². The zero-order valence-electron chi connectivity index (χ0n) is 13.2. The van der Waals surface area contributed by atoms with E-state index < -0.39 is 0 Å². The molecule has 1 aliphatic heterocycles. The minimum Gasteiger partial charge on any atom is -0.383 e. The Kier molecular flexibility index (Phi) is 4.73. The highest BCUT2D eigenvalue weighted by atomic mass is 16.5. The minimum absolute atomic E-state index is 0.0161. The molecule has 2 unspecified atom stereocenters. The summed E-state index contributed by atoms with van der Waals surface area (Å²) in [6.07, 6.45) is 4.33. The largest absolute Gasteiger partial charge is 0.383 e. The van der Waals surface area contributed by atoms with Crippen molar-refractivity contribution in [2.75, 3.05) is 26.8 Å². The molecule has 2 atom stereocenters. The Bertz CT molecular complexity index is 515. The molecule has 1 aromatic rings. The Labute approximate surface area is 130 Å². The number of aromatic nitrogens is 2. The standard InChI is InChI=1S/C15H24N4O3/c1-10(9-21-2)16-13(20)8-19-7-3-4-12(19)14-17-15(22-18-14)11-5-6-11/h10-12H,3-9H2,1-2H3,(H,16,20). The first-order valence-electron chi connectivity index (χ1n) is 8.03. The molecule has 0 radical (unpaired) electrons. The first kappa shape index (κ1) is 15.4. The molecule has 22 heavy (non-hydrogen) atoms. The van der Waals surface area contributed by atoms with Crippen LogP contribution in [0.3, 0.4) is 0 Å². The van der Waals surface area contributed by atoms with Gasteiger partial charge in [-0.15, -0.1) is 0 Å². The van der Waals surface area contributed by atoms with E-state index in [1.807, 2.05) is 6.92 Å². The summed E-state index contributed by atoms with van der Waals surface area (Å²) in [5, 5.41) is 7.07. The highest BCUT2D eigenvalue weighted by molar-refractivity contribution is 5.78. The van der Waals surface area contributed by atoms with E-state index in [9.17, 15) is 4.79 Å². The Morgan fingerprint density at radius 3 is 3.05 bits per heavy atom. The summed E-state index contributed by atoms with van der Waals surface area (Å²) >= 11 is 0. The van der Waals surface area contributed by atoms with Gasteiger partial charge in [-0.05, 0) is 39.2 Å². The van der Waals surface area contributed by atoms with E-state index >= 15 is 0 Å². The van der Waals surface area contributed by atoms with Crippen LogP contribution in [0.25, 0.3) is 0 Å². The maximum absolute atomic E-state index is 12.1. The third-order valence-electron chi connectivity index (χ3n) is 4.22. The molecule has 1 amide bonds. The molecule has 7 nitrogen and oxygen atoms in total. The van der Waals surface area contributed by atoms with Gasteiger partial charge in [-0.2, -0.15) is 4.98 Å². The Hall–Kier alpha value is -1.47. The molecule has 1 saturated carbocycles. The third kappa shape index (κ3) is 3.64. The van der Waals surface area contributed by atoms with Gasteiger partial charge in [0.25, 0.3) is 0 Å². The van der Waals surface area contributed by atoms with Crippen LogP contribution >= 0.6 is 0 Å². The van der Waals surface area contributed by atoms with Gasteiger partial charge in [-0.25, -0.2) is 0 Å². The molecular formula is C15H24N4O3. The average Bonchev–Trinajstić information content (AvgIpc) is 3.03. The fourth-order valence-electron chi connectivity index (χ4n) is 2.98. The van der Waals surface area contributed by atoms with E-state index in [1.54, 1.807) is 7.11 Å². The van der Waals surface area contributed by atoms with Crippen molar-refractivity contribution in [3.63, 3.8) is 0 Å². The van der Waals surface area contributed by atoms with Crippen molar-refractivity contribution >= 4 is 5.91 Å². The van der Waals surface area contributed by atoms with Crippen LogP contribution in [-0.2, 0) is 9.53 Å². The Morgan fingerprint density at radius 1 is 1.50 bits per heavy atom. The van der Waals surface area contributed by atoms with E-state index in [2.05, 4.69) is 20.4 Å². The molecule has 2 aliphatic rings. The van der Waals surface area contributed by atoms with Gasteiger partial charge in [0, 0.05) is 19.1 Å². The van der Waals surface area contributed by atoms with Gasteiger partial charge in [0.2, 0.25) is 11.8 Å². The smallest absolute Gasteiger partial charge is 0.234 e. The molecule has 2 fully saturated rings. The zero-order valence-corrected chi connectivity index (χ0v) is 13.2. The molecule has 0 bridgehead atoms. The highest BCUT2D eigenvalue weighted by Crippen LogP contribution is 2.40. The summed E-state index contributed by atoms with van der Waals surface area (Å²) < 4.78 is 10.4. The number of rotatable bonds is 7. The van der Waals surface area contributed by atoms with Gasteiger partial charge in [0.1, 0.15) is 0 Å². The van der Waals surface area contributed by atoms with Gasteiger partial charge >= 0.3 is 0 Å². The summed E-state index contributed by atoms with van der Waals surface area (Å²) in [4.78, 5) is 18.8. The van der Waals surface area contributed by atoms with Crippen LogP contribution < -0.4 is 5.32 Å². The highest BCUT2D eigenvalue weighted by Gasteiger charge is 2.34. The van der Waals surface area contributed by atoms with Crippen molar-refractivity contribution in [3.05, 3.63) is 11.7 Å². The van der Waals surface area contributed by atoms with Crippen LogP contribution in [-0.4, -0.2) is 53.8 Å². The second-order valence-electron chi connectivity index (χ2n) is 6.32. The van der Waals surface area contributed by atoms with E-state index in [0.717, 1.165) is 43.9 Å². The number of hydrogen-bond donors (Lipinski definition) is 1. The lowest BCUT2D eigenvalue weighted by Crippen LogP contribution is -2.42. The molecule has 1 aliphatic carbocycles. The number of carbonyl (C=O) groups excluding carboxylic acids is 1. The number of carbonyl (C=O) groups is 1. The summed E-state index contributed by atoms with van der Waals surface area (Å²) in [5.74, 6) is 1.98. The van der Waals surface area contributed by atoms with Gasteiger partial charge in [0.05, 0.1) is 19.2 Å². The van der Waals surface area contributed by atoms with E-state index in [0.29, 0.717) is 19.1 Å². The van der Waals surface area contributed by atoms with Crippen LogP contribution in [0.5, 0.6) is 0 Å². The first-order valence-corrected chi connectivity index (χ1v) is 8.03. The maximum atomic E-state index is 12.1. The predicted octanol–water partition coefficient (Wildman–Crippen LogP) is 1.23. The first-order chi connectivity index (χ1) is 10.7. The molecular weight excluding hydrogens is 284 g/mol. The van der Waals surface area contributed by atoms with Crippen LogP contribution in [0, 0.1) is 0 Å². The number of nitrogens with one attached hydrogen (secondary N) is 1. The second-order valence-corrected chi connectivity index (χ2v) is 6.32. The van der Waals surface area contributed by atoms with E-state index in [1.165, 1.54) is 0 Å². The van der Waals surface area contributed by atoms with Gasteiger partial charge in [0.15, 0.2) is 5.82 Å². The maximum Gasteiger partial charge on any atom is 0.234 e. The molecule has 1 aromatic heterocycles. The molecule has 7 heteroatoms. The topological polar surface area (TPSA) is 80.5 Å². The predicted molar refractivity (Wildman–Crippen MR) is 79.3 cm³/mol. The summed E-state index contributed by atoms with van der Waals surface area (Å²) in [7, 11) is 1.63. The van der Waals surface area contributed by atoms with Crippen molar-refractivity contribution in [2.24, 2.45) is 0 Å². The lowest BCUT2D eigenvalue weighted by atomic mass is 10.2. The molecule has 0 spiro atoms. The average molecular weight is 308 g/mol. The van der Waals surface area contributed by atoms with Crippen molar-refractivity contribution in [2.45, 2.75) is 50.6 Å². The van der Waals surface area contributed by atoms with E-state index in [4.69, 9.17) is 9.26 Å². The van der Waals surface area contributed by atoms with Crippen molar-refractivity contribution in [1.82, 2.24) is 20.4 Å². The normalized spacial score (nSPS) is 23.6. The summed E-state index contributed by atoms with van der Waals surface area (Å²) in [6, 6.07) is 0.116. The van der Waals surface area contributed by atoms with Gasteiger partial charge < -0.3 is 14.6 Å². The summed E-state index contributed by atoms with van der Waals surface area (Å²) in [6.45, 7) is 3.71. The van der Waals surface area contributed by atoms with Crippen LogP contribution in [0.4, 0.5) is 0 Å². The number of likely N-dealkylation sites (tertiary alicyclic amines) is 1. The Morgan fingerprint density at radius 2 is 2.32 bits per heavy atom. The monoisotopic (exact) mass is 308 g/mol. The van der Waals surface area contributed by atoms with Crippen LogP contribution in [0.2, 0.25) is 0 Å².